The van der Waals surface area contributed by atoms with E-state index in [0.717, 1.165) is 63.4 Å². The Balaban J connectivity index is 2.03. The van der Waals surface area contributed by atoms with Crippen LogP contribution >= 0.6 is 0 Å². The zero-order valence-electron chi connectivity index (χ0n) is 13.9. The molecule has 0 radical (unpaired) electrons. The van der Waals surface area contributed by atoms with E-state index in [1.165, 1.54) is 5.56 Å². The highest BCUT2D eigenvalue weighted by Crippen LogP contribution is 2.37. The number of nitrogens with zero attached hydrogens (tertiary/aromatic N) is 2. The molecule has 0 unspecified atom stereocenters. The number of carbonyl (C=O) groups is 1. The molecule has 5 nitrogen and oxygen atoms in total. The molecule has 2 aliphatic rings. The maximum Gasteiger partial charge on any atom is 0.269 e. The van der Waals surface area contributed by atoms with Gasteiger partial charge in [-0.1, -0.05) is 13.8 Å². The molecule has 3 heterocycles. The Kier molecular flexibility index (Phi) is 4.26. The Hall–Kier alpha value is -1.36. The van der Waals surface area contributed by atoms with Crippen molar-refractivity contribution in [1.82, 2.24) is 15.1 Å². The quantitative estimate of drug-likeness (QED) is 0.931. The summed E-state index contributed by atoms with van der Waals surface area (Å²) in [6, 6.07) is 0. The van der Waals surface area contributed by atoms with Crippen LogP contribution in [0.1, 0.15) is 55.4 Å². The second-order valence-corrected chi connectivity index (χ2v) is 7.16. The number of amides is 1. The van der Waals surface area contributed by atoms with Gasteiger partial charge in [-0.05, 0) is 43.9 Å². The Morgan fingerprint density at radius 3 is 2.73 bits per heavy atom. The van der Waals surface area contributed by atoms with Gasteiger partial charge in [0.25, 0.3) is 5.91 Å². The third kappa shape index (κ3) is 2.78. The third-order valence-corrected chi connectivity index (χ3v) is 4.98. The topological polar surface area (TPSA) is 56.2 Å². The first-order valence-electron chi connectivity index (χ1n) is 8.49. The minimum atomic E-state index is 0.0442. The van der Waals surface area contributed by atoms with Crippen LogP contribution in [0, 0.1) is 11.3 Å². The molecule has 0 atom stereocenters. The van der Waals surface area contributed by atoms with E-state index in [2.05, 4.69) is 26.1 Å². The van der Waals surface area contributed by atoms with Crippen LogP contribution in [0.15, 0.2) is 0 Å². The zero-order chi connectivity index (χ0) is 15.7. The number of aryl methyl sites for hydroxylation is 1. The second-order valence-electron chi connectivity index (χ2n) is 7.16. The number of rotatable bonds is 3. The van der Waals surface area contributed by atoms with E-state index in [1.807, 2.05) is 4.68 Å². The number of hydrogen-bond acceptors (Lipinski definition) is 3. The van der Waals surface area contributed by atoms with E-state index in [1.54, 1.807) is 0 Å². The SMILES string of the molecule is CCn1nc(CC(C)C)c2c1C(=O)NCC1(CCOCC1)C2. The van der Waals surface area contributed by atoms with E-state index >= 15 is 0 Å². The highest BCUT2D eigenvalue weighted by molar-refractivity contribution is 5.94. The molecule has 1 spiro atoms. The number of hydrogen-bond donors (Lipinski definition) is 1. The maximum atomic E-state index is 12.6. The average molecular weight is 305 g/mol. The fourth-order valence-corrected chi connectivity index (χ4v) is 3.72. The lowest BCUT2D eigenvalue weighted by Gasteiger charge is -2.36. The van der Waals surface area contributed by atoms with Gasteiger partial charge in [0, 0.05) is 31.9 Å². The smallest absolute Gasteiger partial charge is 0.269 e. The summed E-state index contributed by atoms with van der Waals surface area (Å²) in [6.07, 6.45) is 3.93. The Morgan fingerprint density at radius 2 is 2.09 bits per heavy atom. The number of ether oxygens (including phenoxy) is 1. The van der Waals surface area contributed by atoms with Crippen molar-refractivity contribution in [2.45, 2.75) is 53.0 Å². The summed E-state index contributed by atoms with van der Waals surface area (Å²) < 4.78 is 7.43. The number of carbonyl (C=O) groups excluding carboxylic acids is 1. The summed E-state index contributed by atoms with van der Waals surface area (Å²) in [5.41, 5.74) is 3.25. The van der Waals surface area contributed by atoms with Gasteiger partial charge in [-0.2, -0.15) is 5.10 Å². The van der Waals surface area contributed by atoms with Gasteiger partial charge in [0.2, 0.25) is 0 Å². The third-order valence-electron chi connectivity index (χ3n) is 4.98. The van der Waals surface area contributed by atoms with Gasteiger partial charge in [-0.3, -0.25) is 9.48 Å². The molecule has 1 N–H and O–H groups in total. The van der Waals surface area contributed by atoms with Crippen molar-refractivity contribution in [2.24, 2.45) is 11.3 Å². The molecule has 122 valence electrons. The fourth-order valence-electron chi connectivity index (χ4n) is 3.72. The summed E-state index contributed by atoms with van der Waals surface area (Å²) in [7, 11) is 0. The molecule has 1 fully saturated rings. The van der Waals surface area contributed by atoms with E-state index in [9.17, 15) is 4.79 Å². The van der Waals surface area contributed by atoms with Crippen LogP contribution in [-0.4, -0.2) is 35.4 Å². The lowest BCUT2D eigenvalue weighted by Crippen LogP contribution is -2.40. The van der Waals surface area contributed by atoms with Crippen LogP contribution < -0.4 is 5.32 Å². The average Bonchev–Trinajstić information content (AvgIpc) is 2.75. The van der Waals surface area contributed by atoms with E-state index in [4.69, 9.17) is 9.84 Å². The number of nitrogens with one attached hydrogen (secondary N) is 1. The summed E-state index contributed by atoms with van der Waals surface area (Å²) in [5.74, 6) is 0.587. The predicted molar refractivity (Wildman–Crippen MR) is 85.0 cm³/mol. The Labute approximate surface area is 132 Å². The molecule has 5 heteroatoms. The Bertz CT molecular complexity index is 556. The van der Waals surface area contributed by atoms with Crippen molar-refractivity contribution in [3.8, 4) is 0 Å². The molecule has 1 aromatic heterocycles. The normalized spacial score (nSPS) is 20.8. The van der Waals surface area contributed by atoms with Gasteiger partial charge >= 0.3 is 0 Å². The first kappa shape index (κ1) is 15.5. The molecule has 0 aromatic carbocycles. The van der Waals surface area contributed by atoms with Gasteiger partial charge in [-0.15, -0.1) is 0 Å². The van der Waals surface area contributed by atoms with Crippen LogP contribution in [0.25, 0.3) is 0 Å². The molecule has 1 saturated heterocycles. The molecule has 0 saturated carbocycles. The molecule has 0 aliphatic carbocycles. The fraction of sp³-hybridized carbons (Fsp3) is 0.765. The molecular weight excluding hydrogens is 278 g/mol. The first-order valence-corrected chi connectivity index (χ1v) is 8.49. The molecule has 0 bridgehead atoms. The maximum absolute atomic E-state index is 12.6. The highest BCUT2D eigenvalue weighted by Gasteiger charge is 2.39. The van der Waals surface area contributed by atoms with Crippen LogP contribution in [0.5, 0.6) is 0 Å². The largest absolute Gasteiger partial charge is 0.381 e. The zero-order valence-corrected chi connectivity index (χ0v) is 13.9. The van der Waals surface area contributed by atoms with Gasteiger partial charge < -0.3 is 10.1 Å². The number of aromatic nitrogens is 2. The van der Waals surface area contributed by atoms with Crippen LogP contribution in [-0.2, 0) is 24.1 Å². The molecular formula is C17H27N3O2. The van der Waals surface area contributed by atoms with E-state index < -0.39 is 0 Å². The van der Waals surface area contributed by atoms with Gasteiger partial charge in [0.15, 0.2) is 0 Å². The number of fused-ring (bicyclic) bond motifs is 1. The minimum Gasteiger partial charge on any atom is -0.381 e. The van der Waals surface area contributed by atoms with Crippen molar-refractivity contribution in [3.05, 3.63) is 17.0 Å². The molecule has 3 rings (SSSR count). The Morgan fingerprint density at radius 1 is 1.36 bits per heavy atom. The predicted octanol–water partition coefficient (Wildman–Crippen LogP) is 2.18. The monoisotopic (exact) mass is 305 g/mol. The van der Waals surface area contributed by atoms with Crippen LogP contribution in [0.4, 0.5) is 0 Å². The van der Waals surface area contributed by atoms with Crippen LogP contribution in [0.2, 0.25) is 0 Å². The van der Waals surface area contributed by atoms with Crippen molar-refractivity contribution in [2.75, 3.05) is 19.8 Å². The lowest BCUT2D eigenvalue weighted by molar-refractivity contribution is 0.0160. The standard InChI is InChI=1S/C17H27N3O2/c1-4-20-15-13(14(19-20)9-12(2)3)10-17(11-18-16(15)21)5-7-22-8-6-17/h12H,4-11H2,1-3H3,(H,18,21). The van der Waals surface area contributed by atoms with E-state index in [-0.39, 0.29) is 11.3 Å². The lowest BCUT2D eigenvalue weighted by atomic mass is 9.75. The molecule has 1 aromatic rings. The minimum absolute atomic E-state index is 0.0442. The highest BCUT2D eigenvalue weighted by atomic mass is 16.5. The summed E-state index contributed by atoms with van der Waals surface area (Å²) in [5, 5.41) is 7.89. The van der Waals surface area contributed by atoms with Crippen molar-refractivity contribution < 1.29 is 9.53 Å². The van der Waals surface area contributed by atoms with E-state index in [0.29, 0.717) is 5.92 Å². The molecule has 22 heavy (non-hydrogen) atoms. The summed E-state index contributed by atoms with van der Waals surface area (Å²) >= 11 is 0. The van der Waals surface area contributed by atoms with Crippen LogP contribution in [0.3, 0.4) is 0 Å². The second kappa shape index (κ2) is 6.03. The van der Waals surface area contributed by atoms with Crippen molar-refractivity contribution in [1.29, 1.82) is 0 Å². The van der Waals surface area contributed by atoms with Gasteiger partial charge in [-0.25, -0.2) is 0 Å². The van der Waals surface area contributed by atoms with Crippen molar-refractivity contribution >= 4 is 5.91 Å². The van der Waals surface area contributed by atoms with Gasteiger partial charge in [0.1, 0.15) is 5.69 Å². The summed E-state index contributed by atoms with van der Waals surface area (Å²) in [6.45, 7) is 9.56. The van der Waals surface area contributed by atoms with Gasteiger partial charge in [0.05, 0.1) is 5.69 Å². The first-order chi connectivity index (χ1) is 10.5. The molecule has 2 aliphatic heterocycles. The van der Waals surface area contributed by atoms with Crippen molar-refractivity contribution in [3.63, 3.8) is 0 Å². The summed E-state index contributed by atoms with van der Waals surface area (Å²) in [4.78, 5) is 12.6. The molecule has 1 amide bonds.